The number of rotatable bonds is 20. The van der Waals surface area contributed by atoms with Crippen molar-refractivity contribution in [2.24, 2.45) is 0 Å². The van der Waals surface area contributed by atoms with Gasteiger partial charge in [-0.1, -0.05) is 57.7 Å². The number of hydrogen-bond acceptors (Lipinski definition) is 10. The second kappa shape index (κ2) is 25.2. The van der Waals surface area contributed by atoms with Gasteiger partial charge in [-0.05, 0) is 38.0 Å². The van der Waals surface area contributed by atoms with Crippen molar-refractivity contribution >= 4 is 25.6 Å². The van der Waals surface area contributed by atoms with E-state index < -0.39 is 37.7 Å². The van der Waals surface area contributed by atoms with Crippen molar-refractivity contribution in [1.29, 1.82) is 0 Å². The number of aldehydes is 1. The van der Waals surface area contributed by atoms with Crippen LogP contribution >= 0.6 is 7.52 Å². The van der Waals surface area contributed by atoms with Crippen LogP contribution in [0.3, 0.4) is 0 Å². The average Bonchev–Trinajstić information content (AvgIpc) is 3.01. The number of hydrogen-bond donors (Lipinski definition) is 2. The number of nitrogen functional groups attached to an aromatic ring is 1. The third-order valence-corrected chi connectivity index (χ3v) is 7.47. The van der Waals surface area contributed by atoms with Gasteiger partial charge < -0.3 is 29.3 Å². The monoisotopic (exact) mass is 644 g/mol. The van der Waals surface area contributed by atoms with Crippen molar-refractivity contribution in [1.82, 2.24) is 14.6 Å². The highest BCUT2D eigenvalue weighted by Crippen LogP contribution is 2.44. The molecule has 1 aromatic heterocycles. The Morgan fingerprint density at radius 3 is 2.30 bits per heavy atom. The summed E-state index contributed by atoms with van der Waals surface area (Å²) in [6, 6.07) is 8.76. The second-order valence-corrected chi connectivity index (χ2v) is 11.7. The summed E-state index contributed by atoms with van der Waals surface area (Å²) in [5.74, 6) is -0.180. The standard InChI is InChI=1S/C23H33N4O7P.C6H14O.CH3F/c1-3-4-8-13-32-22(29)14-19(16-28)26-35(31,34-20-9-6-5-7-10-20)17-33-18(2)15-27-12-11-21(24)25-23(27)30;1-3-4-5-6-7-2;1-2/h5-7,9-12,16,18-19H,3-4,8,13-15,17H2,1-2H3,(H,26,31)(H2,24,25,30);3-6H2,1-2H3;1H3/t18-,19+,35?;;/m1../s1. The summed E-state index contributed by atoms with van der Waals surface area (Å²) in [5, 5.41) is 2.64. The summed E-state index contributed by atoms with van der Waals surface area (Å²) in [6.45, 7) is 7.21. The molecule has 3 N–H and O–H groups in total. The fourth-order valence-electron chi connectivity index (χ4n) is 3.53. The van der Waals surface area contributed by atoms with E-state index in [4.69, 9.17) is 24.5 Å². The molecular formula is C30H50FN4O8P. The predicted octanol–water partition coefficient (Wildman–Crippen LogP) is 5.15. The van der Waals surface area contributed by atoms with Gasteiger partial charge in [0.1, 0.15) is 24.2 Å². The Bertz CT molecular complexity index is 1140. The first kappa shape index (κ1) is 40.9. The van der Waals surface area contributed by atoms with Gasteiger partial charge >= 0.3 is 19.2 Å². The zero-order valence-corrected chi connectivity index (χ0v) is 27.5. The molecule has 0 amide bonds. The average molecular weight is 645 g/mol. The normalized spacial score (nSPS) is 13.1. The van der Waals surface area contributed by atoms with Crippen molar-refractivity contribution < 1.29 is 37.3 Å². The predicted molar refractivity (Wildman–Crippen MR) is 170 cm³/mol. The summed E-state index contributed by atoms with van der Waals surface area (Å²) in [6.07, 6.45) is 7.12. The third kappa shape index (κ3) is 19.2. The van der Waals surface area contributed by atoms with Gasteiger partial charge in [0.15, 0.2) is 0 Å². The Balaban J connectivity index is 0.00000180. The molecule has 1 unspecified atom stereocenters. The molecule has 12 nitrogen and oxygen atoms in total. The molecule has 0 aliphatic rings. The first-order valence-corrected chi connectivity index (χ1v) is 16.5. The van der Waals surface area contributed by atoms with Gasteiger partial charge in [0.05, 0.1) is 38.9 Å². The molecule has 2 rings (SSSR count). The van der Waals surface area contributed by atoms with E-state index in [0.717, 1.165) is 25.9 Å². The molecule has 0 aliphatic heterocycles. The summed E-state index contributed by atoms with van der Waals surface area (Å²) in [4.78, 5) is 39.4. The van der Waals surface area contributed by atoms with Crippen LogP contribution in [-0.4, -0.2) is 67.8 Å². The van der Waals surface area contributed by atoms with Crippen LogP contribution in [0.25, 0.3) is 0 Å². The van der Waals surface area contributed by atoms with Crippen molar-refractivity contribution in [3.8, 4) is 5.75 Å². The van der Waals surface area contributed by atoms with Gasteiger partial charge in [-0.25, -0.2) is 9.88 Å². The molecular weight excluding hydrogens is 594 g/mol. The van der Waals surface area contributed by atoms with E-state index in [0.29, 0.717) is 19.2 Å². The van der Waals surface area contributed by atoms with Crippen LogP contribution in [0, 0.1) is 0 Å². The molecule has 0 fully saturated rings. The number of carbonyl (C=O) groups excluding carboxylic acids is 2. The number of nitrogens with zero attached hydrogens (tertiary/aromatic N) is 2. The molecule has 0 saturated heterocycles. The third-order valence-electron chi connectivity index (χ3n) is 5.75. The van der Waals surface area contributed by atoms with Crippen LogP contribution in [0.5, 0.6) is 5.75 Å². The highest BCUT2D eigenvalue weighted by atomic mass is 31.2. The number of para-hydroxylation sites is 1. The van der Waals surface area contributed by atoms with Crippen LogP contribution in [-0.2, 0) is 34.9 Å². The molecule has 1 heterocycles. The maximum atomic E-state index is 13.6. The first-order chi connectivity index (χ1) is 21.2. The van der Waals surface area contributed by atoms with Crippen molar-refractivity contribution in [2.45, 2.75) is 84.4 Å². The Kier molecular flexibility index (Phi) is 23.4. The number of nitrogens with two attached hydrogens (primary N) is 1. The number of unbranched alkanes of at least 4 members (excludes halogenated alkanes) is 4. The quantitative estimate of drug-likeness (QED) is 0.0849. The second-order valence-electron chi connectivity index (χ2n) is 9.67. The minimum absolute atomic E-state index is 0.105. The van der Waals surface area contributed by atoms with Crippen molar-refractivity contribution in [3.05, 3.63) is 53.1 Å². The van der Waals surface area contributed by atoms with E-state index in [1.807, 2.05) is 6.92 Å². The number of nitrogens with one attached hydrogen (secondary N) is 1. The smallest absolute Gasteiger partial charge is 0.349 e. The Hall–Kier alpha value is -3.12. The molecule has 2 aromatic rings. The minimum atomic E-state index is -3.82. The number of benzene rings is 1. The number of carbonyl (C=O) groups is 2. The number of alkyl halides is 1. The Morgan fingerprint density at radius 2 is 1.73 bits per heavy atom. The fourth-order valence-corrected chi connectivity index (χ4v) is 5.28. The molecule has 14 heteroatoms. The number of esters is 1. The summed E-state index contributed by atoms with van der Waals surface area (Å²) < 4.78 is 45.8. The van der Waals surface area contributed by atoms with E-state index in [1.54, 1.807) is 44.4 Å². The van der Waals surface area contributed by atoms with Gasteiger partial charge in [-0.15, -0.1) is 0 Å². The highest BCUT2D eigenvalue weighted by molar-refractivity contribution is 7.57. The molecule has 0 spiro atoms. The fraction of sp³-hybridized carbons (Fsp3) is 0.600. The summed E-state index contributed by atoms with van der Waals surface area (Å²) in [5.41, 5.74) is 4.96. The van der Waals surface area contributed by atoms with Crippen LogP contribution in [0.2, 0.25) is 0 Å². The van der Waals surface area contributed by atoms with E-state index >= 15 is 0 Å². The lowest BCUT2D eigenvalue weighted by atomic mass is 10.2. The first-order valence-electron chi connectivity index (χ1n) is 14.7. The maximum Gasteiger partial charge on any atom is 0.349 e. The lowest BCUT2D eigenvalue weighted by molar-refractivity contribution is -0.144. The Labute approximate surface area is 260 Å². The largest absolute Gasteiger partial charge is 0.466 e. The molecule has 3 atom stereocenters. The van der Waals surface area contributed by atoms with Gasteiger partial charge in [0.25, 0.3) is 0 Å². The summed E-state index contributed by atoms with van der Waals surface area (Å²) in [7, 11) is -1.57. The Morgan fingerprint density at radius 1 is 1.09 bits per heavy atom. The van der Waals surface area contributed by atoms with Crippen LogP contribution in [0.4, 0.5) is 10.2 Å². The molecule has 0 aliphatic carbocycles. The molecule has 250 valence electrons. The number of aromatic nitrogens is 2. The molecule has 0 bridgehead atoms. The van der Waals surface area contributed by atoms with E-state index in [2.05, 4.69) is 17.0 Å². The zero-order chi connectivity index (χ0) is 33.2. The topological polar surface area (TPSA) is 161 Å². The number of methoxy groups -OCH3 is 1. The van der Waals surface area contributed by atoms with Gasteiger partial charge in [0, 0.05) is 19.9 Å². The number of ether oxygens (including phenoxy) is 3. The van der Waals surface area contributed by atoms with E-state index in [9.17, 15) is 23.3 Å². The number of anilines is 1. The van der Waals surface area contributed by atoms with E-state index in [1.165, 1.54) is 36.1 Å². The van der Waals surface area contributed by atoms with Gasteiger partial charge in [0.2, 0.25) is 0 Å². The van der Waals surface area contributed by atoms with E-state index in [-0.39, 0.29) is 25.4 Å². The summed E-state index contributed by atoms with van der Waals surface area (Å²) >= 11 is 0. The van der Waals surface area contributed by atoms with Crippen LogP contribution < -0.4 is 21.0 Å². The molecule has 0 radical (unpaired) electrons. The molecule has 44 heavy (non-hydrogen) atoms. The lowest BCUT2D eigenvalue weighted by Crippen LogP contribution is -2.35. The maximum absolute atomic E-state index is 13.6. The van der Waals surface area contributed by atoms with Crippen molar-refractivity contribution in [3.63, 3.8) is 0 Å². The van der Waals surface area contributed by atoms with Crippen LogP contribution in [0.1, 0.15) is 65.7 Å². The number of halogens is 1. The molecule has 0 saturated carbocycles. The SMILES string of the molecule is CCCCCOC.CCCCCOC(=O)C[C@@H](C=O)NP(=O)(CO[C@H](C)Cn1ccc(N)nc1=O)Oc1ccccc1.CF. The molecule has 1 aromatic carbocycles. The zero-order valence-electron chi connectivity index (χ0n) is 26.6. The van der Waals surface area contributed by atoms with Crippen molar-refractivity contribution in [2.75, 3.05) is 39.6 Å². The van der Waals surface area contributed by atoms with Gasteiger partial charge in [-0.2, -0.15) is 4.98 Å². The lowest BCUT2D eigenvalue weighted by Gasteiger charge is -2.25. The van der Waals surface area contributed by atoms with Crippen LogP contribution in [0.15, 0.2) is 47.4 Å². The van der Waals surface area contributed by atoms with Gasteiger partial charge in [-0.3, -0.25) is 18.3 Å². The highest BCUT2D eigenvalue weighted by Gasteiger charge is 2.31. The minimum Gasteiger partial charge on any atom is -0.466 e.